The first kappa shape index (κ1) is 11.9. The van der Waals surface area contributed by atoms with Crippen molar-refractivity contribution in [2.24, 2.45) is 0 Å². The molecular weight excluding hydrogens is 183 g/mol. The second kappa shape index (κ2) is 7.15. The van der Waals surface area contributed by atoms with Crippen molar-refractivity contribution in [3.63, 3.8) is 0 Å². The Labute approximate surface area is 85.5 Å². The van der Waals surface area contributed by atoms with Crippen LogP contribution in [-0.4, -0.2) is 62.3 Å². The Kier molecular flexibility index (Phi) is 6.07. The highest BCUT2D eigenvalue weighted by Gasteiger charge is 2.15. The molecule has 0 amide bonds. The Morgan fingerprint density at radius 2 is 1.50 bits per heavy atom. The minimum Gasteiger partial charge on any atom is -0.301 e. The van der Waals surface area contributed by atoms with E-state index in [2.05, 4.69) is 9.80 Å². The van der Waals surface area contributed by atoms with Crippen molar-refractivity contribution in [1.29, 1.82) is 0 Å². The molecule has 83 valence electrons. The average Bonchev–Trinajstić information content (AvgIpc) is 2.21. The fourth-order valence-corrected chi connectivity index (χ4v) is 1.79. The van der Waals surface area contributed by atoms with Crippen LogP contribution < -0.4 is 0 Å². The number of hydrogen-bond donors (Lipinski definition) is 0. The molecular formula is C10H20FN2O. The molecule has 1 aliphatic rings. The molecule has 4 heteroatoms. The SMILES string of the molecule is [O]CCCCN1CCN(CCF)CC1. The second-order valence-electron chi connectivity index (χ2n) is 3.78. The van der Waals surface area contributed by atoms with Gasteiger partial charge in [-0.3, -0.25) is 4.90 Å². The van der Waals surface area contributed by atoms with Crippen molar-refractivity contribution in [2.75, 3.05) is 52.6 Å². The standard InChI is InChI=1S/C10H20FN2O/c11-3-5-13-8-6-12(7-9-13)4-1-2-10-14/h1-10H2. The van der Waals surface area contributed by atoms with Crippen molar-refractivity contribution in [3.8, 4) is 0 Å². The number of rotatable bonds is 6. The van der Waals surface area contributed by atoms with E-state index in [1.807, 2.05) is 0 Å². The number of hydrogen-bond acceptors (Lipinski definition) is 2. The minimum absolute atomic E-state index is 0.0435. The van der Waals surface area contributed by atoms with E-state index in [1.165, 1.54) is 0 Å². The van der Waals surface area contributed by atoms with Gasteiger partial charge in [0, 0.05) is 32.7 Å². The first-order chi connectivity index (χ1) is 6.86. The lowest BCUT2D eigenvalue weighted by atomic mass is 10.2. The lowest BCUT2D eigenvalue weighted by Crippen LogP contribution is -2.47. The molecule has 3 nitrogen and oxygen atoms in total. The summed E-state index contributed by atoms with van der Waals surface area (Å²) in [6.07, 6.45) is 1.79. The van der Waals surface area contributed by atoms with Gasteiger partial charge in [-0.25, -0.2) is 9.50 Å². The van der Waals surface area contributed by atoms with E-state index < -0.39 is 0 Å². The first-order valence-corrected chi connectivity index (χ1v) is 5.45. The van der Waals surface area contributed by atoms with Crippen molar-refractivity contribution >= 4 is 0 Å². The van der Waals surface area contributed by atoms with Gasteiger partial charge in [0.05, 0.1) is 6.61 Å². The van der Waals surface area contributed by atoms with Crippen molar-refractivity contribution in [1.82, 2.24) is 9.80 Å². The van der Waals surface area contributed by atoms with E-state index in [-0.39, 0.29) is 13.3 Å². The molecule has 0 unspecified atom stereocenters. The van der Waals surface area contributed by atoms with Crippen molar-refractivity contribution < 1.29 is 9.50 Å². The zero-order chi connectivity index (χ0) is 10.2. The molecule has 0 aromatic carbocycles. The quantitative estimate of drug-likeness (QED) is 0.596. The van der Waals surface area contributed by atoms with Gasteiger partial charge in [0.15, 0.2) is 0 Å². The zero-order valence-electron chi connectivity index (χ0n) is 8.75. The van der Waals surface area contributed by atoms with Crippen LogP contribution in [0.2, 0.25) is 0 Å². The van der Waals surface area contributed by atoms with Crippen LogP contribution in [0.5, 0.6) is 0 Å². The Hall–Kier alpha value is -0.190. The van der Waals surface area contributed by atoms with E-state index in [9.17, 15) is 9.50 Å². The predicted octanol–water partition coefficient (Wildman–Crippen LogP) is 0.784. The maximum absolute atomic E-state index is 12.0. The predicted molar refractivity (Wildman–Crippen MR) is 53.6 cm³/mol. The summed E-state index contributed by atoms with van der Waals surface area (Å²) in [6, 6.07) is 0. The van der Waals surface area contributed by atoms with Crippen LogP contribution in [-0.2, 0) is 5.11 Å². The van der Waals surface area contributed by atoms with Crippen LogP contribution in [0.15, 0.2) is 0 Å². The highest BCUT2D eigenvalue weighted by molar-refractivity contribution is 4.71. The molecule has 0 atom stereocenters. The van der Waals surface area contributed by atoms with Crippen molar-refractivity contribution in [2.45, 2.75) is 12.8 Å². The summed E-state index contributed by atoms with van der Waals surface area (Å²) < 4.78 is 12.0. The lowest BCUT2D eigenvalue weighted by Gasteiger charge is -2.34. The number of nitrogens with zero attached hydrogens (tertiary/aromatic N) is 2. The molecule has 1 radical (unpaired) electrons. The molecule has 0 N–H and O–H groups in total. The molecule has 0 spiro atoms. The lowest BCUT2D eigenvalue weighted by molar-refractivity contribution is 0.119. The number of piperazine rings is 1. The van der Waals surface area contributed by atoms with Gasteiger partial charge in [0.25, 0.3) is 0 Å². The van der Waals surface area contributed by atoms with E-state index in [0.717, 1.165) is 45.6 Å². The maximum atomic E-state index is 12.0. The number of halogens is 1. The van der Waals surface area contributed by atoms with Crippen LogP contribution in [0.1, 0.15) is 12.8 Å². The summed E-state index contributed by atoms with van der Waals surface area (Å²) in [7, 11) is 0. The maximum Gasteiger partial charge on any atom is 0.102 e. The largest absolute Gasteiger partial charge is 0.301 e. The summed E-state index contributed by atoms with van der Waals surface area (Å²) in [4.78, 5) is 4.52. The normalized spacial score (nSPS) is 20.1. The van der Waals surface area contributed by atoms with Gasteiger partial charge in [0.2, 0.25) is 0 Å². The second-order valence-corrected chi connectivity index (χ2v) is 3.78. The molecule has 0 saturated carbocycles. The third-order valence-corrected chi connectivity index (χ3v) is 2.73. The molecule has 1 saturated heterocycles. The molecule has 14 heavy (non-hydrogen) atoms. The average molecular weight is 203 g/mol. The van der Waals surface area contributed by atoms with Crippen LogP contribution in [0.4, 0.5) is 4.39 Å². The highest BCUT2D eigenvalue weighted by Crippen LogP contribution is 2.03. The van der Waals surface area contributed by atoms with Gasteiger partial charge in [-0.1, -0.05) is 0 Å². The summed E-state index contributed by atoms with van der Waals surface area (Å²) in [5, 5.41) is 10.2. The van der Waals surface area contributed by atoms with Crippen LogP contribution in [0.25, 0.3) is 0 Å². The molecule has 1 heterocycles. The summed E-state index contributed by atoms with van der Waals surface area (Å²) in [5.41, 5.74) is 0. The summed E-state index contributed by atoms with van der Waals surface area (Å²) >= 11 is 0. The molecule has 0 aliphatic carbocycles. The molecule has 1 rings (SSSR count). The van der Waals surface area contributed by atoms with E-state index in [1.54, 1.807) is 0 Å². The molecule has 0 aromatic rings. The van der Waals surface area contributed by atoms with Gasteiger partial charge >= 0.3 is 0 Å². The van der Waals surface area contributed by atoms with Gasteiger partial charge in [0.1, 0.15) is 6.67 Å². The van der Waals surface area contributed by atoms with Crippen LogP contribution in [0.3, 0.4) is 0 Å². The molecule has 1 fully saturated rings. The minimum atomic E-state index is -0.240. The Balaban J connectivity index is 2.03. The topological polar surface area (TPSA) is 26.4 Å². The monoisotopic (exact) mass is 203 g/mol. The Morgan fingerprint density at radius 3 is 2.00 bits per heavy atom. The van der Waals surface area contributed by atoms with Crippen LogP contribution >= 0.6 is 0 Å². The van der Waals surface area contributed by atoms with Gasteiger partial charge < -0.3 is 4.90 Å². The Bertz CT molecular complexity index is 138. The van der Waals surface area contributed by atoms with Gasteiger partial charge in [-0.15, -0.1) is 0 Å². The molecule has 0 bridgehead atoms. The highest BCUT2D eigenvalue weighted by atomic mass is 19.1. The fraction of sp³-hybridized carbons (Fsp3) is 1.00. The van der Waals surface area contributed by atoms with E-state index in [0.29, 0.717) is 6.54 Å². The fourth-order valence-electron chi connectivity index (χ4n) is 1.79. The molecule has 1 aliphatic heterocycles. The van der Waals surface area contributed by atoms with Gasteiger partial charge in [-0.2, -0.15) is 0 Å². The van der Waals surface area contributed by atoms with E-state index in [4.69, 9.17) is 0 Å². The third kappa shape index (κ3) is 4.35. The number of alkyl halides is 1. The first-order valence-electron chi connectivity index (χ1n) is 5.45. The Morgan fingerprint density at radius 1 is 0.929 bits per heavy atom. The summed E-state index contributed by atoms with van der Waals surface area (Å²) in [6.45, 7) is 5.42. The smallest absolute Gasteiger partial charge is 0.102 e. The summed E-state index contributed by atoms with van der Waals surface area (Å²) in [5.74, 6) is 0. The number of unbranched alkanes of at least 4 members (excludes halogenated alkanes) is 1. The van der Waals surface area contributed by atoms with Gasteiger partial charge in [-0.05, 0) is 19.4 Å². The molecule has 0 aromatic heterocycles. The zero-order valence-corrected chi connectivity index (χ0v) is 8.75. The third-order valence-electron chi connectivity index (χ3n) is 2.73. The van der Waals surface area contributed by atoms with Crippen molar-refractivity contribution in [3.05, 3.63) is 0 Å². The van der Waals surface area contributed by atoms with E-state index >= 15 is 0 Å². The van der Waals surface area contributed by atoms with Crippen LogP contribution in [0, 0.1) is 0 Å².